The van der Waals surface area contributed by atoms with Crippen molar-refractivity contribution in [2.24, 2.45) is 0 Å². The van der Waals surface area contributed by atoms with Crippen molar-refractivity contribution in [3.63, 3.8) is 0 Å². The average molecular weight is 278 g/mol. The summed E-state index contributed by atoms with van der Waals surface area (Å²) >= 11 is 0. The van der Waals surface area contributed by atoms with Crippen LogP contribution in [-0.4, -0.2) is 38.8 Å². The molecule has 0 aliphatic carbocycles. The Bertz CT molecular complexity index is 421. The van der Waals surface area contributed by atoms with Gasteiger partial charge in [-0.3, -0.25) is 4.79 Å². The molecular weight excluding hydrogens is 252 g/mol. The molecule has 0 aromatic heterocycles. The fraction of sp³-hybridized carbons (Fsp3) is 0.562. The zero-order chi connectivity index (χ0) is 15.0. The summed E-state index contributed by atoms with van der Waals surface area (Å²) in [5, 5.41) is 3.18. The number of benzene rings is 1. The first kappa shape index (κ1) is 16.5. The van der Waals surface area contributed by atoms with Crippen LogP contribution >= 0.6 is 0 Å². The highest BCUT2D eigenvalue weighted by Gasteiger charge is 2.19. The van der Waals surface area contributed by atoms with E-state index in [1.165, 1.54) is 18.4 Å². The third-order valence-electron chi connectivity index (χ3n) is 3.46. The molecule has 4 heteroatoms. The molecule has 0 bridgehead atoms. The monoisotopic (exact) mass is 278 g/mol. The second kappa shape index (κ2) is 8.59. The van der Waals surface area contributed by atoms with E-state index in [2.05, 4.69) is 36.2 Å². The highest BCUT2D eigenvalue weighted by Crippen LogP contribution is 2.19. The minimum atomic E-state index is -0.233. The topological polar surface area (TPSA) is 41.6 Å². The SMILES string of the molecule is CCNC(CCN(CC)c1ccccc1C)C(=O)OC. The maximum absolute atomic E-state index is 11.7. The summed E-state index contributed by atoms with van der Waals surface area (Å²) in [5.74, 6) is -0.187. The number of hydrogen-bond donors (Lipinski definition) is 1. The van der Waals surface area contributed by atoms with Crippen LogP contribution in [0.4, 0.5) is 5.69 Å². The number of rotatable bonds is 8. The Morgan fingerprint density at radius 1 is 1.35 bits per heavy atom. The molecule has 0 heterocycles. The van der Waals surface area contributed by atoms with Crippen LogP contribution in [0.5, 0.6) is 0 Å². The van der Waals surface area contributed by atoms with Gasteiger partial charge in [-0.2, -0.15) is 0 Å². The summed E-state index contributed by atoms with van der Waals surface area (Å²) < 4.78 is 4.84. The van der Waals surface area contributed by atoms with Crippen molar-refractivity contribution in [1.82, 2.24) is 5.32 Å². The second-order valence-electron chi connectivity index (χ2n) is 4.79. The van der Waals surface area contributed by atoms with Crippen molar-refractivity contribution in [2.75, 3.05) is 31.6 Å². The maximum atomic E-state index is 11.7. The lowest BCUT2D eigenvalue weighted by Crippen LogP contribution is -2.40. The number of carbonyl (C=O) groups excluding carboxylic acids is 1. The summed E-state index contributed by atoms with van der Waals surface area (Å²) in [5.41, 5.74) is 2.49. The van der Waals surface area contributed by atoms with Gasteiger partial charge < -0.3 is 15.0 Å². The summed E-state index contributed by atoms with van der Waals surface area (Å²) in [6, 6.07) is 8.10. The molecule has 0 spiro atoms. The lowest BCUT2D eigenvalue weighted by atomic mass is 10.1. The Morgan fingerprint density at radius 3 is 2.60 bits per heavy atom. The van der Waals surface area contributed by atoms with E-state index >= 15 is 0 Å². The van der Waals surface area contributed by atoms with E-state index in [1.54, 1.807) is 0 Å². The van der Waals surface area contributed by atoms with Crippen LogP contribution in [-0.2, 0) is 9.53 Å². The van der Waals surface area contributed by atoms with Crippen LogP contribution < -0.4 is 10.2 Å². The van der Waals surface area contributed by atoms with Crippen molar-refractivity contribution in [3.8, 4) is 0 Å². The lowest BCUT2D eigenvalue weighted by Gasteiger charge is -2.26. The largest absolute Gasteiger partial charge is 0.468 e. The fourth-order valence-corrected chi connectivity index (χ4v) is 2.34. The minimum Gasteiger partial charge on any atom is -0.468 e. The molecule has 0 saturated carbocycles. The van der Waals surface area contributed by atoms with Crippen LogP contribution in [0.1, 0.15) is 25.8 Å². The van der Waals surface area contributed by atoms with E-state index in [4.69, 9.17) is 4.74 Å². The summed E-state index contributed by atoms with van der Waals surface area (Å²) in [7, 11) is 1.44. The first-order valence-corrected chi connectivity index (χ1v) is 7.25. The Hall–Kier alpha value is -1.55. The number of nitrogens with zero attached hydrogens (tertiary/aromatic N) is 1. The van der Waals surface area contributed by atoms with Crippen LogP contribution in [0.3, 0.4) is 0 Å². The Morgan fingerprint density at radius 2 is 2.05 bits per heavy atom. The number of anilines is 1. The van der Waals surface area contributed by atoms with E-state index in [9.17, 15) is 4.79 Å². The van der Waals surface area contributed by atoms with Gasteiger partial charge in [-0.05, 0) is 38.4 Å². The zero-order valence-corrected chi connectivity index (χ0v) is 13.0. The van der Waals surface area contributed by atoms with Crippen LogP contribution in [0.25, 0.3) is 0 Å². The third kappa shape index (κ3) is 4.53. The van der Waals surface area contributed by atoms with Crippen LogP contribution in [0.15, 0.2) is 24.3 Å². The third-order valence-corrected chi connectivity index (χ3v) is 3.46. The minimum absolute atomic E-state index is 0.187. The molecule has 20 heavy (non-hydrogen) atoms. The van der Waals surface area contributed by atoms with Crippen LogP contribution in [0.2, 0.25) is 0 Å². The van der Waals surface area contributed by atoms with E-state index < -0.39 is 0 Å². The molecule has 0 saturated heterocycles. The van der Waals surface area contributed by atoms with Gasteiger partial charge >= 0.3 is 5.97 Å². The Kier molecular flexibility index (Phi) is 7.09. The normalized spacial score (nSPS) is 12.0. The fourth-order valence-electron chi connectivity index (χ4n) is 2.34. The Labute approximate surface area is 122 Å². The van der Waals surface area contributed by atoms with Gasteiger partial charge in [0.05, 0.1) is 7.11 Å². The number of hydrogen-bond acceptors (Lipinski definition) is 4. The van der Waals surface area contributed by atoms with Gasteiger partial charge in [-0.15, -0.1) is 0 Å². The highest BCUT2D eigenvalue weighted by atomic mass is 16.5. The van der Waals surface area contributed by atoms with Gasteiger partial charge in [-0.1, -0.05) is 25.1 Å². The van der Waals surface area contributed by atoms with Gasteiger partial charge in [0, 0.05) is 18.8 Å². The molecule has 1 atom stereocenters. The first-order chi connectivity index (χ1) is 9.63. The van der Waals surface area contributed by atoms with E-state index in [0.29, 0.717) is 0 Å². The average Bonchev–Trinajstić information content (AvgIpc) is 2.47. The van der Waals surface area contributed by atoms with Gasteiger partial charge in [0.1, 0.15) is 6.04 Å². The number of para-hydroxylation sites is 1. The molecule has 0 amide bonds. The van der Waals surface area contributed by atoms with Gasteiger partial charge in [-0.25, -0.2) is 0 Å². The highest BCUT2D eigenvalue weighted by molar-refractivity contribution is 5.75. The predicted molar refractivity (Wildman–Crippen MR) is 83.2 cm³/mol. The summed E-state index contributed by atoms with van der Waals surface area (Å²) in [4.78, 5) is 14.0. The molecule has 1 unspecified atom stereocenters. The molecule has 4 nitrogen and oxygen atoms in total. The number of methoxy groups -OCH3 is 1. The smallest absolute Gasteiger partial charge is 0.322 e. The zero-order valence-electron chi connectivity index (χ0n) is 13.0. The summed E-state index contributed by atoms with van der Waals surface area (Å²) in [6.45, 7) is 8.75. The number of esters is 1. The number of ether oxygens (including phenoxy) is 1. The number of aryl methyl sites for hydroxylation is 1. The number of likely N-dealkylation sites (N-methyl/N-ethyl adjacent to an activating group) is 1. The molecule has 0 fully saturated rings. The van der Waals surface area contributed by atoms with Gasteiger partial charge in [0.2, 0.25) is 0 Å². The van der Waals surface area contributed by atoms with Crippen molar-refractivity contribution in [3.05, 3.63) is 29.8 Å². The molecular formula is C16H26N2O2. The molecule has 1 N–H and O–H groups in total. The van der Waals surface area contributed by atoms with E-state index in [0.717, 1.165) is 26.1 Å². The van der Waals surface area contributed by atoms with Crippen molar-refractivity contribution in [1.29, 1.82) is 0 Å². The molecule has 1 aromatic carbocycles. The standard InChI is InChI=1S/C16H26N2O2/c1-5-17-14(16(19)20-4)11-12-18(6-2)15-10-8-7-9-13(15)3/h7-10,14,17H,5-6,11-12H2,1-4H3. The molecule has 112 valence electrons. The molecule has 1 aromatic rings. The van der Waals surface area contributed by atoms with Gasteiger partial charge in [0.25, 0.3) is 0 Å². The van der Waals surface area contributed by atoms with Crippen molar-refractivity contribution < 1.29 is 9.53 Å². The molecule has 0 aliphatic rings. The maximum Gasteiger partial charge on any atom is 0.322 e. The molecule has 0 aliphatic heterocycles. The predicted octanol–water partition coefficient (Wildman–Crippen LogP) is 2.36. The first-order valence-electron chi connectivity index (χ1n) is 7.25. The second-order valence-corrected chi connectivity index (χ2v) is 4.79. The Balaban J connectivity index is 2.69. The number of carbonyl (C=O) groups is 1. The molecule has 1 rings (SSSR count). The van der Waals surface area contributed by atoms with Crippen molar-refractivity contribution in [2.45, 2.75) is 33.2 Å². The summed E-state index contributed by atoms with van der Waals surface area (Å²) in [6.07, 6.45) is 0.739. The van der Waals surface area contributed by atoms with Crippen molar-refractivity contribution >= 4 is 11.7 Å². The van der Waals surface area contributed by atoms with E-state index in [1.807, 2.05) is 19.1 Å². The number of nitrogens with one attached hydrogen (secondary N) is 1. The van der Waals surface area contributed by atoms with Crippen LogP contribution in [0, 0.1) is 6.92 Å². The lowest BCUT2D eigenvalue weighted by molar-refractivity contribution is -0.143. The van der Waals surface area contributed by atoms with Gasteiger partial charge in [0.15, 0.2) is 0 Å². The quantitative estimate of drug-likeness (QED) is 0.741. The molecule has 0 radical (unpaired) electrons. The van der Waals surface area contributed by atoms with E-state index in [-0.39, 0.29) is 12.0 Å².